The van der Waals surface area contributed by atoms with Crippen LogP contribution in [0.4, 0.5) is 0 Å². The number of hydrogen-bond donors (Lipinski definition) is 0. The average Bonchev–Trinajstić information content (AvgIpc) is 3.08. The molecule has 20 heavy (non-hydrogen) atoms. The Morgan fingerprint density at radius 2 is 1.35 bits per heavy atom. The van der Waals surface area contributed by atoms with Crippen LogP contribution < -0.4 is 0 Å². The minimum Gasteiger partial charge on any atom is -0.297 e. The number of fused-ring (bicyclic) bond motifs is 6. The Kier molecular flexibility index (Phi) is 2.96. The second-order valence-corrected chi connectivity index (χ2v) is 8.80. The van der Waals surface area contributed by atoms with Crippen molar-refractivity contribution in [1.29, 1.82) is 0 Å². The van der Waals surface area contributed by atoms with Gasteiger partial charge >= 0.3 is 0 Å². The van der Waals surface area contributed by atoms with E-state index in [1.807, 2.05) is 0 Å². The number of piperidine rings is 1. The van der Waals surface area contributed by atoms with Crippen LogP contribution in [0.25, 0.3) is 0 Å². The van der Waals surface area contributed by atoms with Crippen LogP contribution in [0.1, 0.15) is 70.6 Å². The van der Waals surface area contributed by atoms with Gasteiger partial charge in [0.2, 0.25) is 0 Å². The molecule has 3 aliphatic carbocycles. The Morgan fingerprint density at radius 3 is 2.30 bits per heavy atom. The molecule has 0 amide bonds. The van der Waals surface area contributed by atoms with Crippen molar-refractivity contribution in [3.63, 3.8) is 0 Å². The van der Waals surface area contributed by atoms with Crippen molar-refractivity contribution in [3.8, 4) is 0 Å². The molecule has 0 aromatic carbocycles. The molecule has 5 rings (SSSR count). The van der Waals surface area contributed by atoms with Crippen molar-refractivity contribution >= 4 is 0 Å². The molecule has 0 aromatic heterocycles. The normalized spacial score (nSPS) is 54.9. The van der Waals surface area contributed by atoms with Crippen molar-refractivity contribution in [2.24, 2.45) is 29.6 Å². The van der Waals surface area contributed by atoms with Crippen LogP contribution in [0, 0.1) is 29.6 Å². The van der Waals surface area contributed by atoms with Crippen LogP contribution in [0.2, 0.25) is 0 Å². The Balaban J connectivity index is 1.38. The highest BCUT2D eigenvalue weighted by Gasteiger charge is 2.51. The first-order chi connectivity index (χ1) is 9.90. The first-order valence-corrected chi connectivity index (χ1v) is 9.66. The van der Waals surface area contributed by atoms with Gasteiger partial charge in [0, 0.05) is 18.6 Å². The molecule has 2 aliphatic heterocycles. The second-order valence-electron chi connectivity index (χ2n) is 8.80. The van der Waals surface area contributed by atoms with Crippen molar-refractivity contribution in [2.75, 3.05) is 6.54 Å². The Hall–Kier alpha value is -0.0400. The summed E-state index contributed by atoms with van der Waals surface area (Å²) >= 11 is 0. The molecule has 2 saturated heterocycles. The fraction of sp³-hybridized carbons (Fsp3) is 1.00. The molecule has 7 atom stereocenters. The predicted molar refractivity (Wildman–Crippen MR) is 82.5 cm³/mol. The summed E-state index contributed by atoms with van der Waals surface area (Å²) in [5, 5.41) is 0. The quantitative estimate of drug-likeness (QED) is 0.629. The highest BCUT2D eigenvalue weighted by Crippen LogP contribution is 2.53. The summed E-state index contributed by atoms with van der Waals surface area (Å²) in [6, 6.07) is 2.03. The van der Waals surface area contributed by atoms with Crippen LogP contribution in [0.5, 0.6) is 0 Å². The third kappa shape index (κ3) is 1.77. The maximum Gasteiger partial charge on any atom is 0.0130 e. The van der Waals surface area contributed by atoms with E-state index in [2.05, 4.69) is 4.90 Å². The molecule has 2 heterocycles. The van der Waals surface area contributed by atoms with E-state index in [1.165, 1.54) is 19.4 Å². The minimum atomic E-state index is 1.01. The van der Waals surface area contributed by atoms with Gasteiger partial charge in [-0.25, -0.2) is 0 Å². The van der Waals surface area contributed by atoms with Crippen LogP contribution in [-0.2, 0) is 0 Å². The van der Waals surface area contributed by atoms with Gasteiger partial charge in [-0.1, -0.05) is 32.1 Å². The van der Waals surface area contributed by atoms with Gasteiger partial charge in [-0.3, -0.25) is 4.90 Å². The van der Waals surface area contributed by atoms with E-state index < -0.39 is 0 Å². The first kappa shape index (κ1) is 12.5. The van der Waals surface area contributed by atoms with Crippen LogP contribution in [-0.4, -0.2) is 23.5 Å². The zero-order chi connectivity index (χ0) is 13.1. The van der Waals surface area contributed by atoms with Gasteiger partial charge in [-0.15, -0.1) is 0 Å². The molecule has 5 aliphatic rings. The lowest BCUT2D eigenvalue weighted by Gasteiger charge is -2.50. The molecule has 0 radical (unpaired) electrons. The van der Waals surface area contributed by atoms with Crippen molar-refractivity contribution < 1.29 is 0 Å². The molecular weight excluding hydrogens is 242 g/mol. The lowest BCUT2D eigenvalue weighted by Crippen LogP contribution is -2.52. The number of rotatable bonds is 0. The molecule has 0 aromatic rings. The van der Waals surface area contributed by atoms with Gasteiger partial charge in [0.15, 0.2) is 0 Å². The van der Waals surface area contributed by atoms with Crippen LogP contribution in [0.15, 0.2) is 0 Å². The van der Waals surface area contributed by atoms with Crippen LogP contribution >= 0.6 is 0 Å². The SMILES string of the molecule is C1CC2CC3CCC4C5CCCCC5CN4C3CC2C1. The maximum absolute atomic E-state index is 3.07. The van der Waals surface area contributed by atoms with E-state index in [9.17, 15) is 0 Å². The predicted octanol–water partition coefficient (Wildman–Crippen LogP) is 4.47. The number of hydrogen-bond acceptors (Lipinski definition) is 1. The Morgan fingerprint density at radius 1 is 0.550 bits per heavy atom. The Labute approximate surface area is 124 Å². The zero-order valence-electron chi connectivity index (χ0n) is 13.0. The van der Waals surface area contributed by atoms with Gasteiger partial charge in [0.1, 0.15) is 0 Å². The monoisotopic (exact) mass is 273 g/mol. The molecule has 5 fully saturated rings. The van der Waals surface area contributed by atoms with Crippen LogP contribution in [0.3, 0.4) is 0 Å². The Bertz CT molecular complexity index is 378. The summed E-state index contributed by atoms with van der Waals surface area (Å²) in [6.45, 7) is 1.49. The molecule has 0 spiro atoms. The largest absolute Gasteiger partial charge is 0.297 e. The molecule has 3 saturated carbocycles. The average molecular weight is 273 g/mol. The molecule has 7 unspecified atom stereocenters. The standard InChI is InChI=1S/C19H31N/c1-2-7-17-16(4-1)12-20-18(17)9-8-15-10-13-5-3-6-14(13)11-19(15)20/h13-19H,1-12H2. The summed E-state index contributed by atoms with van der Waals surface area (Å²) < 4.78 is 0. The maximum atomic E-state index is 3.07. The van der Waals surface area contributed by atoms with E-state index in [-0.39, 0.29) is 0 Å². The molecule has 0 bridgehead atoms. The van der Waals surface area contributed by atoms with Gasteiger partial charge in [-0.2, -0.15) is 0 Å². The van der Waals surface area contributed by atoms with E-state index in [0.717, 1.165) is 41.7 Å². The molecule has 112 valence electrons. The lowest BCUT2D eigenvalue weighted by molar-refractivity contribution is -0.00131. The molecular formula is C19H31N. The smallest absolute Gasteiger partial charge is 0.0130 e. The highest BCUT2D eigenvalue weighted by atomic mass is 15.2. The summed E-state index contributed by atoms with van der Waals surface area (Å²) in [5.74, 6) is 5.54. The van der Waals surface area contributed by atoms with Gasteiger partial charge in [-0.05, 0) is 68.1 Å². The molecule has 0 N–H and O–H groups in total. The number of nitrogens with zero attached hydrogens (tertiary/aromatic N) is 1. The third-order valence-electron chi connectivity index (χ3n) is 8.10. The summed E-state index contributed by atoms with van der Waals surface area (Å²) in [4.78, 5) is 3.07. The summed E-state index contributed by atoms with van der Waals surface area (Å²) in [6.07, 6.45) is 17.2. The molecule has 1 heteroatoms. The first-order valence-electron chi connectivity index (χ1n) is 9.66. The van der Waals surface area contributed by atoms with E-state index in [0.29, 0.717) is 0 Å². The third-order valence-corrected chi connectivity index (χ3v) is 8.10. The van der Waals surface area contributed by atoms with E-state index in [4.69, 9.17) is 0 Å². The summed E-state index contributed by atoms with van der Waals surface area (Å²) in [5.41, 5.74) is 0. The van der Waals surface area contributed by atoms with Crippen molar-refractivity contribution in [1.82, 2.24) is 4.90 Å². The minimum absolute atomic E-state index is 1.01. The topological polar surface area (TPSA) is 3.24 Å². The zero-order valence-corrected chi connectivity index (χ0v) is 13.0. The van der Waals surface area contributed by atoms with E-state index >= 15 is 0 Å². The van der Waals surface area contributed by atoms with Crippen molar-refractivity contribution in [3.05, 3.63) is 0 Å². The van der Waals surface area contributed by atoms with Gasteiger partial charge in [0.25, 0.3) is 0 Å². The lowest BCUT2D eigenvalue weighted by atomic mass is 9.67. The highest BCUT2D eigenvalue weighted by molar-refractivity contribution is 5.04. The van der Waals surface area contributed by atoms with Crippen molar-refractivity contribution in [2.45, 2.75) is 82.7 Å². The van der Waals surface area contributed by atoms with E-state index in [1.54, 1.807) is 57.8 Å². The van der Waals surface area contributed by atoms with Gasteiger partial charge in [0.05, 0.1) is 0 Å². The van der Waals surface area contributed by atoms with Gasteiger partial charge < -0.3 is 0 Å². The summed E-state index contributed by atoms with van der Waals surface area (Å²) in [7, 11) is 0. The fourth-order valence-electron chi connectivity index (χ4n) is 7.27. The second kappa shape index (κ2) is 4.73. The molecule has 1 nitrogen and oxygen atoms in total. The fourth-order valence-corrected chi connectivity index (χ4v) is 7.27.